The second-order valence-corrected chi connectivity index (χ2v) is 4.02. The van der Waals surface area contributed by atoms with Crippen LogP contribution in [0.1, 0.15) is 13.3 Å². The molecule has 0 radical (unpaired) electrons. The van der Waals surface area contributed by atoms with Crippen molar-refractivity contribution < 1.29 is 9.47 Å². The van der Waals surface area contributed by atoms with E-state index in [0.29, 0.717) is 13.2 Å². The second-order valence-electron chi connectivity index (χ2n) is 4.02. The Morgan fingerprint density at radius 2 is 2.20 bits per heavy atom. The fraction of sp³-hybridized carbons (Fsp3) is 1.00. The van der Waals surface area contributed by atoms with Crippen molar-refractivity contribution in [2.75, 3.05) is 52.6 Å². The highest BCUT2D eigenvalue weighted by Gasteiger charge is 2.21. The highest BCUT2D eigenvalue weighted by Crippen LogP contribution is 2.15. The van der Waals surface area contributed by atoms with E-state index in [2.05, 4.69) is 4.90 Å². The maximum absolute atomic E-state index is 5.43. The lowest BCUT2D eigenvalue weighted by molar-refractivity contribution is 0.100. The van der Waals surface area contributed by atoms with Gasteiger partial charge in [-0.05, 0) is 25.8 Å². The third-order valence-electron chi connectivity index (χ3n) is 2.74. The maximum Gasteiger partial charge on any atom is 0.0594 e. The Hall–Kier alpha value is -0.160. The molecular weight excluding hydrogens is 192 g/mol. The van der Waals surface area contributed by atoms with Crippen LogP contribution in [-0.4, -0.2) is 57.5 Å². The van der Waals surface area contributed by atoms with Crippen LogP contribution in [0, 0.1) is 5.92 Å². The molecule has 2 N–H and O–H groups in total. The molecule has 0 amide bonds. The zero-order chi connectivity index (χ0) is 10.9. The van der Waals surface area contributed by atoms with E-state index >= 15 is 0 Å². The summed E-state index contributed by atoms with van der Waals surface area (Å²) in [5.74, 6) is 0.722. The van der Waals surface area contributed by atoms with Crippen LogP contribution in [0.15, 0.2) is 0 Å². The zero-order valence-corrected chi connectivity index (χ0v) is 9.78. The second kappa shape index (κ2) is 8.05. The van der Waals surface area contributed by atoms with E-state index < -0.39 is 0 Å². The van der Waals surface area contributed by atoms with Gasteiger partial charge < -0.3 is 20.1 Å². The summed E-state index contributed by atoms with van der Waals surface area (Å²) in [6.45, 7) is 9.26. The van der Waals surface area contributed by atoms with E-state index in [1.165, 1.54) is 13.0 Å². The normalized spacial score (nSPS) is 22.4. The standard InChI is InChI=1S/C11H24N2O2/c1-2-14-10-11-3-5-13(9-11)6-8-15-7-4-12/h11H,2-10,12H2,1H3. The molecule has 0 bridgehead atoms. The van der Waals surface area contributed by atoms with Crippen molar-refractivity contribution in [3.8, 4) is 0 Å². The number of nitrogens with zero attached hydrogens (tertiary/aromatic N) is 1. The van der Waals surface area contributed by atoms with Gasteiger partial charge in [0, 0.05) is 26.2 Å². The fourth-order valence-corrected chi connectivity index (χ4v) is 1.92. The lowest BCUT2D eigenvalue weighted by Crippen LogP contribution is -2.26. The summed E-state index contributed by atoms with van der Waals surface area (Å²) in [6.07, 6.45) is 1.26. The molecular formula is C11H24N2O2. The van der Waals surface area contributed by atoms with Gasteiger partial charge in [0.1, 0.15) is 0 Å². The van der Waals surface area contributed by atoms with Crippen molar-refractivity contribution in [3.05, 3.63) is 0 Å². The molecule has 1 fully saturated rings. The summed E-state index contributed by atoms with van der Waals surface area (Å²) < 4.78 is 10.8. The lowest BCUT2D eigenvalue weighted by Gasteiger charge is -2.15. The van der Waals surface area contributed by atoms with Crippen LogP contribution in [0.5, 0.6) is 0 Å². The van der Waals surface area contributed by atoms with Crippen LogP contribution >= 0.6 is 0 Å². The van der Waals surface area contributed by atoms with E-state index in [1.54, 1.807) is 0 Å². The number of nitrogens with two attached hydrogens (primary N) is 1. The Kier molecular flexibility index (Phi) is 6.92. The minimum Gasteiger partial charge on any atom is -0.381 e. The molecule has 0 saturated carbocycles. The van der Waals surface area contributed by atoms with Crippen molar-refractivity contribution >= 4 is 0 Å². The number of ether oxygens (including phenoxy) is 2. The molecule has 1 atom stereocenters. The van der Waals surface area contributed by atoms with E-state index in [4.69, 9.17) is 15.2 Å². The first-order valence-electron chi connectivity index (χ1n) is 5.94. The molecule has 4 heteroatoms. The van der Waals surface area contributed by atoms with Gasteiger partial charge in [0.05, 0.1) is 19.8 Å². The third-order valence-corrected chi connectivity index (χ3v) is 2.74. The summed E-state index contributed by atoms with van der Waals surface area (Å²) in [5.41, 5.74) is 5.34. The van der Waals surface area contributed by atoms with Gasteiger partial charge in [-0.2, -0.15) is 0 Å². The van der Waals surface area contributed by atoms with Crippen LogP contribution < -0.4 is 5.73 Å². The molecule has 1 unspecified atom stereocenters. The van der Waals surface area contributed by atoms with Crippen LogP contribution in [0.3, 0.4) is 0 Å². The molecule has 1 rings (SSSR count). The predicted molar refractivity (Wildman–Crippen MR) is 60.9 cm³/mol. The Bertz CT molecular complexity index is 156. The summed E-state index contributed by atoms with van der Waals surface area (Å²) in [5, 5.41) is 0. The van der Waals surface area contributed by atoms with E-state index in [0.717, 1.165) is 38.8 Å². The first-order chi connectivity index (χ1) is 7.36. The van der Waals surface area contributed by atoms with Crippen molar-refractivity contribution in [3.63, 3.8) is 0 Å². The van der Waals surface area contributed by atoms with Gasteiger partial charge in [0.15, 0.2) is 0 Å². The van der Waals surface area contributed by atoms with Crippen molar-refractivity contribution in [2.45, 2.75) is 13.3 Å². The molecule has 4 nitrogen and oxygen atoms in total. The quantitative estimate of drug-likeness (QED) is 0.594. The third kappa shape index (κ3) is 5.47. The molecule has 90 valence electrons. The maximum atomic E-state index is 5.43. The molecule has 1 aliphatic rings. The Morgan fingerprint density at radius 1 is 1.33 bits per heavy atom. The van der Waals surface area contributed by atoms with Crippen molar-refractivity contribution in [1.29, 1.82) is 0 Å². The number of likely N-dealkylation sites (tertiary alicyclic amines) is 1. The molecule has 1 heterocycles. The topological polar surface area (TPSA) is 47.7 Å². The van der Waals surface area contributed by atoms with Gasteiger partial charge >= 0.3 is 0 Å². The van der Waals surface area contributed by atoms with Crippen molar-refractivity contribution in [1.82, 2.24) is 4.90 Å². The summed E-state index contributed by atoms with van der Waals surface area (Å²) in [6, 6.07) is 0. The molecule has 0 spiro atoms. The van der Waals surface area contributed by atoms with Gasteiger partial charge in [0.2, 0.25) is 0 Å². The van der Waals surface area contributed by atoms with Crippen LogP contribution in [0.25, 0.3) is 0 Å². The zero-order valence-electron chi connectivity index (χ0n) is 9.78. The molecule has 1 aliphatic heterocycles. The minimum atomic E-state index is 0.618. The first-order valence-corrected chi connectivity index (χ1v) is 5.94. The molecule has 1 saturated heterocycles. The molecule has 0 aromatic rings. The highest BCUT2D eigenvalue weighted by molar-refractivity contribution is 4.74. The van der Waals surface area contributed by atoms with Gasteiger partial charge in [0.25, 0.3) is 0 Å². The summed E-state index contributed by atoms with van der Waals surface area (Å²) in [7, 11) is 0. The summed E-state index contributed by atoms with van der Waals surface area (Å²) in [4.78, 5) is 2.44. The van der Waals surface area contributed by atoms with E-state index in [1.807, 2.05) is 6.92 Å². The fourth-order valence-electron chi connectivity index (χ4n) is 1.92. The SMILES string of the molecule is CCOCC1CCN(CCOCCN)C1. The molecule has 0 aliphatic carbocycles. The Labute approximate surface area is 92.7 Å². The van der Waals surface area contributed by atoms with Crippen molar-refractivity contribution in [2.24, 2.45) is 11.7 Å². The van der Waals surface area contributed by atoms with E-state index in [9.17, 15) is 0 Å². The van der Waals surface area contributed by atoms with Gasteiger partial charge in [-0.3, -0.25) is 0 Å². The van der Waals surface area contributed by atoms with Crippen LogP contribution in [0.2, 0.25) is 0 Å². The molecule has 0 aromatic carbocycles. The first kappa shape index (κ1) is 12.9. The van der Waals surface area contributed by atoms with E-state index in [-0.39, 0.29) is 0 Å². The average Bonchev–Trinajstić information content (AvgIpc) is 2.69. The summed E-state index contributed by atoms with van der Waals surface area (Å²) >= 11 is 0. The Morgan fingerprint density at radius 3 is 2.93 bits per heavy atom. The molecule has 15 heavy (non-hydrogen) atoms. The van der Waals surface area contributed by atoms with Crippen LogP contribution in [0.4, 0.5) is 0 Å². The van der Waals surface area contributed by atoms with Crippen LogP contribution in [-0.2, 0) is 9.47 Å². The predicted octanol–water partition coefficient (Wildman–Crippen LogP) is 0.320. The average molecular weight is 216 g/mol. The number of hydrogen-bond acceptors (Lipinski definition) is 4. The van der Waals surface area contributed by atoms with Gasteiger partial charge in [-0.1, -0.05) is 0 Å². The minimum absolute atomic E-state index is 0.618. The monoisotopic (exact) mass is 216 g/mol. The molecule has 0 aromatic heterocycles. The largest absolute Gasteiger partial charge is 0.381 e. The lowest BCUT2D eigenvalue weighted by atomic mass is 10.1. The Balaban J connectivity index is 1.98. The smallest absolute Gasteiger partial charge is 0.0594 e. The van der Waals surface area contributed by atoms with Gasteiger partial charge in [-0.15, -0.1) is 0 Å². The number of rotatable bonds is 8. The highest BCUT2D eigenvalue weighted by atomic mass is 16.5. The van der Waals surface area contributed by atoms with Gasteiger partial charge in [-0.25, -0.2) is 0 Å². The number of hydrogen-bond donors (Lipinski definition) is 1.